The molecule has 0 N–H and O–H groups in total. The Hall–Kier alpha value is -2.49. The van der Waals surface area contributed by atoms with E-state index in [9.17, 15) is 0 Å². The summed E-state index contributed by atoms with van der Waals surface area (Å²) in [6, 6.07) is 15.9. The summed E-state index contributed by atoms with van der Waals surface area (Å²) in [5.74, 6) is 3.13. The van der Waals surface area contributed by atoms with Gasteiger partial charge in [0.25, 0.3) is 0 Å². The molecule has 0 radical (unpaired) electrons. The lowest BCUT2D eigenvalue weighted by molar-refractivity contribution is 0.284. The maximum atomic E-state index is 5.96. The van der Waals surface area contributed by atoms with Gasteiger partial charge in [-0.25, -0.2) is 4.98 Å². The fraction of sp³-hybridized carbons (Fsp3) is 0.350. The molecule has 1 aromatic heterocycles. The van der Waals surface area contributed by atoms with Crippen LogP contribution in [0.3, 0.4) is 0 Å². The molecule has 3 aromatic rings. The number of benzene rings is 2. The highest BCUT2D eigenvalue weighted by Gasteiger charge is 2.13. The largest absolute Gasteiger partial charge is 0.497 e. The number of hydrogen-bond donors (Lipinski definition) is 0. The molecule has 1 heterocycles. The molecule has 0 aliphatic heterocycles. The Morgan fingerprint density at radius 2 is 1.88 bits per heavy atom. The highest BCUT2D eigenvalue weighted by Crippen LogP contribution is 2.22. The van der Waals surface area contributed by atoms with Crippen LogP contribution < -0.4 is 9.47 Å². The maximum absolute atomic E-state index is 5.96. The number of imidazole rings is 1. The third-order valence-electron chi connectivity index (χ3n) is 4.33. The average Bonchev–Trinajstić information content (AvgIpc) is 2.97. The average molecular weight is 324 g/mol. The lowest BCUT2D eigenvalue weighted by atomic mass is 10.1. The van der Waals surface area contributed by atoms with Gasteiger partial charge in [0, 0.05) is 12.6 Å². The minimum absolute atomic E-state index is 0.443. The van der Waals surface area contributed by atoms with Crippen molar-refractivity contribution in [3.05, 3.63) is 54.4 Å². The molecule has 1 atom stereocenters. The number of rotatable bonds is 7. The summed E-state index contributed by atoms with van der Waals surface area (Å²) in [7, 11) is 1.66. The van der Waals surface area contributed by atoms with Crippen LogP contribution in [0.15, 0.2) is 48.5 Å². The Labute approximate surface area is 143 Å². The van der Waals surface area contributed by atoms with Crippen molar-refractivity contribution in [2.45, 2.75) is 33.4 Å². The molecule has 0 amide bonds. The van der Waals surface area contributed by atoms with E-state index in [1.54, 1.807) is 7.11 Å². The first-order valence-electron chi connectivity index (χ1n) is 8.42. The third kappa shape index (κ3) is 3.53. The molecule has 0 aliphatic carbocycles. The fourth-order valence-corrected chi connectivity index (χ4v) is 2.72. The van der Waals surface area contributed by atoms with E-state index in [0.717, 1.165) is 35.8 Å². The van der Waals surface area contributed by atoms with Crippen molar-refractivity contribution in [1.82, 2.24) is 9.55 Å². The Bertz CT molecular complexity index is 810. The minimum Gasteiger partial charge on any atom is -0.497 e. The van der Waals surface area contributed by atoms with E-state index in [1.807, 2.05) is 30.3 Å². The quantitative estimate of drug-likeness (QED) is 0.633. The highest BCUT2D eigenvalue weighted by atomic mass is 16.5. The molecule has 3 rings (SSSR count). The molecule has 0 aliphatic rings. The van der Waals surface area contributed by atoms with Crippen LogP contribution in [0.5, 0.6) is 11.5 Å². The summed E-state index contributed by atoms with van der Waals surface area (Å²) in [6.07, 6.45) is 1.14. The van der Waals surface area contributed by atoms with Gasteiger partial charge in [0.15, 0.2) is 0 Å². The standard InChI is InChI=1S/C20H24N2O2/c1-4-15(2)13-22-19-11-6-5-10-18(19)21-20(22)14-24-17-9-7-8-16(12-17)23-3/h5-12,15H,4,13-14H2,1-3H3. The molecule has 126 valence electrons. The zero-order valence-corrected chi connectivity index (χ0v) is 14.5. The van der Waals surface area contributed by atoms with Gasteiger partial charge in [-0.3, -0.25) is 0 Å². The molecular formula is C20H24N2O2. The van der Waals surface area contributed by atoms with Crippen molar-refractivity contribution in [2.75, 3.05) is 7.11 Å². The van der Waals surface area contributed by atoms with Crippen LogP contribution in [0.25, 0.3) is 11.0 Å². The highest BCUT2D eigenvalue weighted by molar-refractivity contribution is 5.75. The van der Waals surface area contributed by atoms with E-state index in [1.165, 1.54) is 5.52 Å². The van der Waals surface area contributed by atoms with Gasteiger partial charge in [0.05, 0.1) is 18.1 Å². The summed E-state index contributed by atoms with van der Waals surface area (Å²) in [6.45, 7) is 5.88. The van der Waals surface area contributed by atoms with Gasteiger partial charge in [-0.2, -0.15) is 0 Å². The van der Waals surface area contributed by atoms with Crippen LogP contribution in [0, 0.1) is 5.92 Å². The molecule has 2 aromatic carbocycles. The van der Waals surface area contributed by atoms with Gasteiger partial charge in [0.2, 0.25) is 0 Å². The predicted octanol–water partition coefficient (Wildman–Crippen LogP) is 4.67. The first kappa shape index (κ1) is 16.4. The van der Waals surface area contributed by atoms with E-state index in [0.29, 0.717) is 12.5 Å². The first-order chi connectivity index (χ1) is 11.7. The second-order valence-corrected chi connectivity index (χ2v) is 6.11. The first-order valence-corrected chi connectivity index (χ1v) is 8.42. The molecule has 0 spiro atoms. The van der Waals surface area contributed by atoms with E-state index in [4.69, 9.17) is 14.5 Å². The maximum Gasteiger partial charge on any atom is 0.148 e. The zero-order valence-electron chi connectivity index (χ0n) is 14.5. The topological polar surface area (TPSA) is 36.3 Å². The number of para-hydroxylation sites is 2. The number of hydrogen-bond acceptors (Lipinski definition) is 3. The smallest absolute Gasteiger partial charge is 0.148 e. The lowest BCUT2D eigenvalue weighted by Crippen LogP contribution is -2.12. The SMILES string of the molecule is CCC(C)Cn1c(COc2cccc(OC)c2)nc2ccccc21. The van der Waals surface area contributed by atoms with E-state index in [-0.39, 0.29) is 0 Å². The van der Waals surface area contributed by atoms with Gasteiger partial charge in [-0.1, -0.05) is 38.5 Å². The summed E-state index contributed by atoms with van der Waals surface area (Å²) in [4.78, 5) is 4.76. The lowest BCUT2D eigenvalue weighted by Gasteiger charge is -2.14. The van der Waals surface area contributed by atoms with Crippen molar-refractivity contribution in [2.24, 2.45) is 5.92 Å². The van der Waals surface area contributed by atoms with Crippen molar-refractivity contribution < 1.29 is 9.47 Å². The Kier molecular flexibility index (Phi) is 5.04. The predicted molar refractivity (Wildman–Crippen MR) is 96.5 cm³/mol. The van der Waals surface area contributed by atoms with E-state index < -0.39 is 0 Å². The molecule has 0 saturated heterocycles. The summed E-state index contributed by atoms with van der Waals surface area (Å²) in [5.41, 5.74) is 2.19. The zero-order chi connectivity index (χ0) is 16.9. The van der Waals surface area contributed by atoms with Gasteiger partial charge >= 0.3 is 0 Å². The summed E-state index contributed by atoms with van der Waals surface area (Å²) >= 11 is 0. The summed E-state index contributed by atoms with van der Waals surface area (Å²) in [5, 5.41) is 0. The van der Waals surface area contributed by atoms with Crippen molar-refractivity contribution in [3.8, 4) is 11.5 Å². The van der Waals surface area contributed by atoms with Crippen LogP contribution in [-0.2, 0) is 13.2 Å². The Balaban J connectivity index is 1.86. The van der Waals surface area contributed by atoms with Gasteiger partial charge in [-0.05, 0) is 30.2 Å². The normalized spacial score (nSPS) is 12.3. The minimum atomic E-state index is 0.443. The third-order valence-corrected chi connectivity index (χ3v) is 4.33. The van der Waals surface area contributed by atoms with Gasteiger partial charge in [0.1, 0.15) is 23.9 Å². The number of nitrogens with zero attached hydrogens (tertiary/aromatic N) is 2. The molecule has 0 saturated carbocycles. The number of fused-ring (bicyclic) bond motifs is 1. The Morgan fingerprint density at radius 1 is 1.08 bits per heavy atom. The van der Waals surface area contributed by atoms with Gasteiger partial charge in [-0.15, -0.1) is 0 Å². The Morgan fingerprint density at radius 3 is 2.67 bits per heavy atom. The fourth-order valence-electron chi connectivity index (χ4n) is 2.72. The van der Waals surface area contributed by atoms with Crippen LogP contribution >= 0.6 is 0 Å². The van der Waals surface area contributed by atoms with E-state index in [2.05, 4.69) is 36.6 Å². The van der Waals surface area contributed by atoms with E-state index >= 15 is 0 Å². The van der Waals surface area contributed by atoms with Crippen LogP contribution in [0.2, 0.25) is 0 Å². The number of ether oxygens (including phenoxy) is 2. The monoisotopic (exact) mass is 324 g/mol. The number of aromatic nitrogens is 2. The molecule has 0 fully saturated rings. The van der Waals surface area contributed by atoms with Crippen molar-refractivity contribution in [3.63, 3.8) is 0 Å². The number of methoxy groups -OCH3 is 1. The molecule has 0 bridgehead atoms. The molecule has 4 heteroatoms. The second kappa shape index (κ2) is 7.39. The molecule has 4 nitrogen and oxygen atoms in total. The molecular weight excluding hydrogens is 300 g/mol. The second-order valence-electron chi connectivity index (χ2n) is 6.11. The van der Waals surface area contributed by atoms with Crippen LogP contribution in [0.1, 0.15) is 26.1 Å². The van der Waals surface area contributed by atoms with Crippen LogP contribution in [0.4, 0.5) is 0 Å². The van der Waals surface area contributed by atoms with Crippen molar-refractivity contribution in [1.29, 1.82) is 0 Å². The van der Waals surface area contributed by atoms with Crippen molar-refractivity contribution >= 4 is 11.0 Å². The molecule has 24 heavy (non-hydrogen) atoms. The van der Waals surface area contributed by atoms with Crippen LogP contribution in [-0.4, -0.2) is 16.7 Å². The summed E-state index contributed by atoms with van der Waals surface area (Å²) < 4.78 is 13.5. The van der Waals surface area contributed by atoms with Gasteiger partial charge < -0.3 is 14.0 Å². The molecule has 1 unspecified atom stereocenters.